The average Bonchev–Trinajstić information content (AvgIpc) is 3.12. The molecular formula is C19H21N5O3. The van der Waals surface area contributed by atoms with Crippen LogP contribution in [0.4, 0.5) is 5.82 Å². The van der Waals surface area contributed by atoms with E-state index in [0.29, 0.717) is 17.8 Å². The first-order valence-corrected chi connectivity index (χ1v) is 8.66. The summed E-state index contributed by atoms with van der Waals surface area (Å²) < 4.78 is 0. The van der Waals surface area contributed by atoms with Gasteiger partial charge in [0.15, 0.2) is 0 Å². The lowest BCUT2D eigenvalue weighted by Gasteiger charge is -2.22. The van der Waals surface area contributed by atoms with Gasteiger partial charge in [-0.3, -0.25) is 14.4 Å². The molecule has 0 radical (unpaired) electrons. The summed E-state index contributed by atoms with van der Waals surface area (Å²) in [6.07, 6.45) is 1.87. The first kappa shape index (κ1) is 18.5. The summed E-state index contributed by atoms with van der Waals surface area (Å²) in [7, 11) is 0. The van der Waals surface area contributed by atoms with Gasteiger partial charge in [-0.05, 0) is 30.7 Å². The fraction of sp³-hybridized carbons (Fsp3) is 0.263. The number of rotatable bonds is 5. The van der Waals surface area contributed by atoms with Crippen LogP contribution >= 0.6 is 0 Å². The van der Waals surface area contributed by atoms with Gasteiger partial charge in [0.05, 0.1) is 6.54 Å². The summed E-state index contributed by atoms with van der Waals surface area (Å²) in [6.45, 7) is 0.0294. The molecule has 2 heterocycles. The number of nitrogens with two attached hydrogens (primary N) is 1. The number of pyridine rings is 1. The zero-order chi connectivity index (χ0) is 19.2. The third kappa shape index (κ3) is 4.48. The van der Waals surface area contributed by atoms with Crippen LogP contribution in [0.5, 0.6) is 0 Å². The molecule has 0 aliphatic carbocycles. The third-order valence-electron chi connectivity index (χ3n) is 4.39. The predicted octanol–water partition coefficient (Wildman–Crippen LogP) is 0.378. The minimum atomic E-state index is -0.718. The molecule has 0 spiro atoms. The van der Waals surface area contributed by atoms with E-state index in [9.17, 15) is 14.4 Å². The number of anilines is 1. The molecule has 1 saturated heterocycles. The van der Waals surface area contributed by atoms with E-state index in [0.717, 1.165) is 0 Å². The smallest absolute Gasteiger partial charge is 0.251 e. The maximum absolute atomic E-state index is 12.6. The Morgan fingerprint density at radius 3 is 2.52 bits per heavy atom. The van der Waals surface area contributed by atoms with Crippen LogP contribution < -0.4 is 16.4 Å². The molecule has 1 aromatic carbocycles. The fourth-order valence-electron chi connectivity index (χ4n) is 3.09. The number of benzene rings is 1. The molecule has 3 rings (SSSR count). The predicted molar refractivity (Wildman–Crippen MR) is 99.7 cm³/mol. The van der Waals surface area contributed by atoms with E-state index < -0.39 is 6.04 Å². The Bertz CT molecular complexity index is 813. The molecule has 8 heteroatoms. The molecule has 4 N–H and O–H groups in total. The normalized spacial score (nSPS) is 18.8. The highest BCUT2D eigenvalue weighted by Gasteiger charge is 2.39. The van der Waals surface area contributed by atoms with Crippen LogP contribution in [0.3, 0.4) is 0 Å². The van der Waals surface area contributed by atoms with Gasteiger partial charge < -0.3 is 21.3 Å². The number of hydrogen-bond donors (Lipinski definition) is 3. The number of carbonyl (C=O) groups is 3. The Balaban J connectivity index is 1.69. The van der Waals surface area contributed by atoms with Gasteiger partial charge in [0.1, 0.15) is 11.9 Å². The summed E-state index contributed by atoms with van der Waals surface area (Å²) in [5.74, 6) is -0.537. The number of carbonyl (C=O) groups excluding carboxylic acids is 3. The van der Waals surface area contributed by atoms with Crippen LogP contribution in [0, 0.1) is 0 Å². The first-order valence-electron chi connectivity index (χ1n) is 8.66. The van der Waals surface area contributed by atoms with Crippen molar-refractivity contribution in [3.05, 3.63) is 60.3 Å². The lowest BCUT2D eigenvalue weighted by Crippen LogP contribution is -2.46. The van der Waals surface area contributed by atoms with Gasteiger partial charge in [-0.15, -0.1) is 0 Å². The SMILES string of the molecule is NCC(=O)N1C[C@H](NC(=O)c2ccccc2)C[C@H]1C(=O)Nc1ccccn1. The van der Waals surface area contributed by atoms with E-state index in [1.54, 1.807) is 48.7 Å². The van der Waals surface area contributed by atoms with E-state index in [2.05, 4.69) is 15.6 Å². The van der Waals surface area contributed by atoms with Crippen molar-refractivity contribution in [2.24, 2.45) is 5.73 Å². The fourth-order valence-corrected chi connectivity index (χ4v) is 3.09. The van der Waals surface area contributed by atoms with E-state index in [1.807, 2.05) is 6.07 Å². The van der Waals surface area contributed by atoms with E-state index in [-0.39, 0.29) is 36.9 Å². The zero-order valence-electron chi connectivity index (χ0n) is 14.7. The van der Waals surface area contributed by atoms with Crippen molar-refractivity contribution in [1.29, 1.82) is 0 Å². The summed E-state index contributed by atoms with van der Waals surface area (Å²) in [5.41, 5.74) is 6.01. The van der Waals surface area contributed by atoms with Crippen LogP contribution in [0.15, 0.2) is 54.7 Å². The van der Waals surface area contributed by atoms with Gasteiger partial charge in [-0.2, -0.15) is 0 Å². The minimum Gasteiger partial charge on any atom is -0.347 e. The molecule has 1 aromatic heterocycles. The summed E-state index contributed by atoms with van der Waals surface area (Å²) >= 11 is 0. The summed E-state index contributed by atoms with van der Waals surface area (Å²) in [4.78, 5) is 42.7. The molecule has 8 nitrogen and oxygen atoms in total. The van der Waals surface area contributed by atoms with Crippen molar-refractivity contribution < 1.29 is 14.4 Å². The zero-order valence-corrected chi connectivity index (χ0v) is 14.7. The summed E-state index contributed by atoms with van der Waals surface area (Å²) in [5, 5.41) is 5.58. The van der Waals surface area contributed by atoms with Gasteiger partial charge in [0.2, 0.25) is 11.8 Å². The van der Waals surface area contributed by atoms with Crippen molar-refractivity contribution in [3.8, 4) is 0 Å². The lowest BCUT2D eigenvalue weighted by atomic mass is 10.1. The highest BCUT2D eigenvalue weighted by molar-refractivity contribution is 5.98. The molecule has 2 aromatic rings. The molecule has 140 valence electrons. The van der Waals surface area contributed by atoms with E-state index >= 15 is 0 Å². The van der Waals surface area contributed by atoms with Crippen molar-refractivity contribution in [3.63, 3.8) is 0 Å². The van der Waals surface area contributed by atoms with Crippen molar-refractivity contribution in [1.82, 2.24) is 15.2 Å². The first-order chi connectivity index (χ1) is 13.1. The molecule has 0 bridgehead atoms. The number of likely N-dealkylation sites (tertiary alicyclic amines) is 1. The summed E-state index contributed by atoms with van der Waals surface area (Å²) in [6, 6.07) is 12.9. The molecule has 3 amide bonds. The van der Waals surface area contributed by atoms with E-state index in [1.165, 1.54) is 4.90 Å². The van der Waals surface area contributed by atoms with Crippen LogP contribution in [-0.2, 0) is 9.59 Å². The minimum absolute atomic E-state index is 0.202. The second-order valence-corrected chi connectivity index (χ2v) is 6.24. The molecule has 1 fully saturated rings. The number of nitrogens with zero attached hydrogens (tertiary/aromatic N) is 2. The molecule has 2 atom stereocenters. The standard InChI is InChI=1S/C19H21N5O3/c20-11-17(25)24-12-14(22-18(26)13-6-2-1-3-7-13)10-15(24)19(27)23-16-8-4-5-9-21-16/h1-9,14-15H,10-12,20H2,(H,22,26)(H,21,23,27)/t14-,15+/m1/s1. The highest BCUT2D eigenvalue weighted by Crippen LogP contribution is 2.20. The van der Waals surface area contributed by atoms with Crippen molar-refractivity contribution in [2.45, 2.75) is 18.5 Å². The van der Waals surface area contributed by atoms with Crippen LogP contribution in [0.2, 0.25) is 0 Å². The highest BCUT2D eigenvalue weighted by atomic mass is 16.2. The second-order valence-electron chi connectivity index (χ2n) is 6.24. The molecule has 1 aliphatic heterocycles. The second kappa shape index (κ2) is 8.41. The maximum Gasteiger partial charge on any atom is 0.251 e. The van der Waals surface area contributed by atoms with Crippen molar-refractivity contribution >= 4 is 23.5 Å². The van der Waals surface area contributed by atoms with Crippen LogP contribution in [-0.4, -0.2) is 52.8 Å². The van der Waals surface area contributed by atoms with Gasteiger partial charge in [0, 0.05) is 24.3 Å². The van der Waals surface area contributed by atoms with Gasteiger partial charge in [0.25, 0.3) is 5.91 Å². The van der Waals surface area contributed by atoms with Crippen LogP contribution in [0.1, 0.15) is 16.8 Å². The number of hydrogen-bond acceptors (Lipinski definition) is 5. The molecule has 27 heavy (non-hydrogen) atoms. The molecule has 1 aliphatic rings. The number of amides is 3. The third-order valence-corrected chi connectivity index (χ3v) is 4.39. The van der Waals surface area contributed by atoms with Gasteiger partial charge >= 0.3 is 0 Å². The Labute approximate surface area is 156 Å². The Hall–Kier alpha value is -3.26. The monoisotopic (exact) mass is 367 g/mol. The Morgan fingerprint density at radius 2 is 1.85 bits per heavy atom. The Morgan fingerprint density at radius 1 is 1.11 bits per heavy atom. The molecular weight excluding hydrogens is 346 g/mol. The molecule has 0 saturated carbocycles. The number of nitrogens with one attached hydrogen (secondary N) is 2. The largest absolute Gasteiger partial charge is 0.347 e. The topological polar surface area (TPSA) is 117 Å². The maximum atomic E-state index is 12.6. The number of aromatic nitrogens is 1. The van der Waals surface area contributed by atoms with Crippen molar-refractivity contribution in [2.75, 3.05) is 18.4 Å². The van der Waals surface area contributed by atoms with E-state index in [4.69, 9.17) is 5.73 Å². The van der Waals surface area contributed by atoms with Gasteiger partial charge in [-0.25, -0.2) is 4.98 Å². The quantitative estimate of drug-likeness (QED) is 0.706. The van der Waals surface area contributed by atoms with Crippen LogP contribution in [0.25, 0.3) is 0 Å². The molecule has 0 unspecified atom stereocenters. The average molecular weight is 367 g/mol. The Kier molecular flexibility index (Phi) is 5.77. The van der Waals surface area contributed by atoms with Gasteiger partial charge in [-0.1, -0.05) is 24.3 Å². The lowest BCUT2D eigenvalue weighted by molar-refractivity contribution is -0.135.